The van der Waals surface area contributed by atoms with E-state index in [1.165, 1.54) is 5.56 Å². The molecule has 5 heteroatoms. The van der Waals surface area contributed by atoms with Crippen LogP contribution in [0.2, 0.25) is 0 Å². The van der Waals surface area contributed by atoms with Crippen molar-refractivity contribution >= 4 is 18.2 Å². The fourth-order valence-electron chi connectivity index (χ4n) is 4.82. The summed E-state index contributed by atoms with van der Waals surface area (Å²) in [6.07, 6.45) is 3.16. The molecule has 2 fully saturated rings. The number of halogens is 1. The molecule has 4 rings (SSSR count). The molecule has 1 saturated heterocycles. The maximum atomic E-state index is 12.2. The van der Waals surface area contributed by atoms with Gasteiger partial charge in [-0.25, -0.2) is 0 Å². The molecule has 0 aromatic heterocycles. The van der Waals surface area contributed by atoms with Gasteiger partial charge >= 0.3 is 0 Å². The number of rotatable bonds is 1. The summed E-state index contributed by atoms with van der Waals surface area (Å²) in [5.74, 6) is 1.08. The van der Waals surface area contributed by atoms with Crippen molar-refractivity contribution in [1.29, 1.82) is 0 Å². The van der Waals surface area contributed by atoms with E-state index in [9.17, 15) is 9.90 Å². The van der Waals surface area contributed by atoms with Crippen molar-refractivity contribution in [2.45, 2.75) is 49.2 Å². The summed E-state index contributed by atoms with van der Waals surface area (Å²) in [4.78, 5) is 12.2. The largest absolute Gasteiger partial charge is 0.497 e. The molecule has 1 aliphatic heterocycles. The van der Waals surface area contributed by atoms with Crippen LogP contribution in [0.3, 0.4) is 0 Å². The van der Waals surface area contributed by atoms with Crippen LogP contribution in [0.1, 0.15) is 36.8 Å². The second kappa shape index (κ2) is 5.22. The van der Waals surface area contributed by atoms with Crippen LogP contribution in [0.5, 0.6) is 5.75 Å². The number of ketones is 1. The van der Waals surface area contributed by atoms with Gasteiger partial charge in [0.05, 0.1) is 12.7 Å². The van der Waals surface area contributed by atoms with E-state index in [2.05, 4.69) is 11.4 Å². The maximum absolute atomic E-state index is 12.2. The number of aliphatic hydroxyl groups is 1. The molecule has 2 aliphatic carbocycles. The number of fused-ring (bicyclic) bond motifs is 1. The predicted octanol–water partition coefficient (Wildman–Crippen LogP) is 1.76. The Hall–Kier alpha value is -1.10. The molecule has 2 bridgehead atoms. The van der Waals surface area contributed by atoms with E-state index in [1.54, 1.807) is 7.11 Å². The maximum Gasteiger partial charge on any atom is 0.134 e. The van der Waals surface area contributed by atoms with Gasteiger partial charge in [-0.3, -0.25) is 4.79 Å². The number of ether oxygens (including phenoxy) is 1. The Balaban J connectivity index is 0.00000144. The topological polar surface area (TPSA) is 58.6 Å². The van der Waals surface area contributed by atoms with E-state index in [0.29, 0.717) is 19.3 Å². The van der Waals surface area contributed by atoms with Crippen LogP contribution >= 0.6 is 12.4 Å². The van der Waals surface area contributed by atoms with Gasteiger partial charge in [-0.1, -0.05) is 6.07 Å². The lowest BCUT2D eigenvalue weighted by molar-refractivity contribution is -0.149. The van der Waals surface area contributed by atoms with Gasteiger partial charge in [0.25, 0.3) is 0 Å². The quantitative estimate of drug-likeness (QED) is 0.827. The van der Waals surface area contributed by atoms with Gasteiger partial charge in [-0.2, -0.15) is 0 Å². The zero-order valence-electron chi connectivity index (χ0n) is 12.7. The fraction of sp³-hybridized carbons (Fsp3) is 0.588. The number of nitrogens with one attached hydrogen (secondary N) is 1. The Morgan fingerprint density at radius 2 is 2.18 bits per heavy atom. The van der Waals surface area contributed by atoms with Crippen molar-refractivity contribution in [3.05, 3.63) is 29.3 Å². The zero-order chi connectivity index (χ0) is 14.7. The van der Waals surface area contributed by atoms with E-state index in [1.807, 2.05) is 12.1 Å². The molecule has 22 heavy (non-hydrogen) atoms. The predicted molar refractivity (Wildman–Crippen MR) is 85.8 cm³/mol. The van der Waals surface area contributed by atoms with Crippen molar-refractivity contribution in [2.75, 3.05) is 13.7 Å². The van der Waals surface area contributed by atoms with Crippen molar-refractivity contribution < 1.29 is 14.6 Å². The van der Waals surface area contributed by atoms with Gasteiger partial charge in [-0.05, 0) is 49.1 Å². The molecule has 2 N–H and O–H groups in total. The van der Waals surface area contributed by atoms with Gasteiger partial charge in [0.1, 0.15) is 11.5 Å². The average Bonchev–Trinajstić information content (AvgIpc) is 2.47. The van der Waals surface area contributed by atoms with Crippen LogP contribution in [0.15, 0.2) is 18.2 Å². The Bertz CT molecular complexity index is 620. The number of carbonyl (C=O) groups is 1. The minimum Gasteiger partial charge on any atom is -0.497 e. The third kappa shape index (κ3) is 1.87. The van der Waals surface area contributed by atoms with Crippen molar-refractivity contribution in [1.82, 2.24) is 5.32 Å². The lowest BCUT2D eigenvalue weighted by Gasteiger charge is -2.60. The van der Waals surface area contributed by atoms with Crippen LogP contribution in [-0.4, -0.2) is 36.2 Å². The van der Waals surface area contributed by atoms with E-state index < -0.39 is 11.0 Å². The van der Waals surface area contributed by atoms with E-state index in [0.717, 1.165) is 30.7 Å². The summed E-state index contributed by atoms with van der Waals surface area (Å²) in [5, 5.41) is 14.9. The van der Waals surface area contributed by atoms with Crippen LogP contribution in [-0.2, 0) is 16.6 Å². The first-order valence-corrected chi connectivity index (χ1v) is 7.74. The third-order valence-corrected chi connectivity index (χ3v) is 5.89. The highest BCUT2D eigenvalue weighted by atomic mass is 35.5. The van der Waals surface area contributed by atoms with E-state index in [-0.39, 0.29) is 24.2 Å². The molecule has 0 amide bonds. The van der Waals surface area contributed by atoms with E-state index >= 15 is 0 Å². The highest BCUT2D eigenvalue weighted by Crippen LogP contribution is 2.55. The number of piperidine rings is 1. The molecule has 1 aromatic rings. The van der Waals surface area contributed by atoms with Crippen molar-refractivity contribution in [2.24, 2.45) is 0 Å². The minimum absolute atomic E-state index is 0. The monoisotopic (exact) mass is 323 g/mol. The molecule has 0 spiro atoms. The molecule has 3 atom stereocenters. The molecule has 0 radical (unpaired) electrons. The van der Waals surface area contributed by atoms with Gasteiger partial charge in [0.15, 0.2) is 0 Å². The van der Waals surface area contributed by atoms with Crippen molar-refractivity contribution in [3.63, 3.8) is 0 Å². The second-order valence-electron chi connectivity index (χ2n) is 6.71. The van der Waals surface area contributed by atoms with Crippen LogP contribution < -0.4 is 10.1 Å². The number of hydrogen-bond acceptors (Lipinski definition) is 4. The molecule has 3 aliphatic rings. The third-order valence-electron chi connectivity index (χ3n) is 5.89. The molecule has 120 valence electrons. The normalized spacial score (nSPS) is 35.9. The Morgan fingerprint density at radius 3 is 2.95 bits per heavy atom. The highest BCUT2D eigenvalue weighted by Gasteiger charge is 2.62. The number of carbonyl (C=O) groups excluding carboxylic acids is 1. The fourth-order valence-corrected chi connectivity index (χ4v) is 4.82. The van der Waals surface area contributed by atoms with Gasteiger partial charge in [0, 0.05) is 24.3 Å². The highest BCUT2D eigenvalue weighted by molar-refractivity contribution is 5.85. The molecular weight excluding hydrogens is 302 g/mol. The van der Waals surface area contributed by atoms with Gasteiger partial charge in [-0.15, -0.1) is 12.4 Å². The molecule has 1 heterocycles. The smallest absolute Gasteiger partial charge is 0.134 e. The Labute approximate surface area is 136 Å². The first kappa shape index (κ1) is 15.8. The summed E-state index contributed by atoms with van der Waals surface area (Å²) in [5.41, 5.74) is 1.14. The Morgan fingerprint density at radius 1 is 1.36 bits per heavy atom. The SMILES string of the molecule is COc1ccc2c(c1)[C@]13CCN[C@H](C2)[C@]1(O)CCC(=O)C3.Cl. The zero-order valence-corrected chi connectivity index (χ0v) is 13.5. The minimum atomic E-state index is -0.807. The summed E-state index contributed by atoms with van der Waals surface area (Å²) >= 11 is 0. The first-order chi connectivity index (χ1) is 10.1. The summed E-state index contributed by atoms with van der Waals surface area (Å²) in [7, 11) is 1.66. The van der Waals surface area contributed by atoms with Gasteiger partial charge in [0.2, 0.25) is 0 Å². The summed E-state index contributed by atoms with van der Waals surface area (Å²) in [6.45, 7) is 0.858. The molecular formula is C17H22ClNO3. The standard InChI is InChI=1S/C17H21NO3.ClH/c1-21-13-3-2-11-8-15-17(20)5-4-12(19)10-16(17,6-7-18-15)14(11)9-13;/h2-3,9,15,18,20H,4-8,10H2,1H3;1H/t15-,16-,17-;/m1./s1. The van der Waals surface area contributed by atoms with Gasteiger partial charge < -0.3 is 15.2 Å². The Kier molecular flexibility index (Phi) is 3.75. The van der Waals surface area contributed by atoms with Crippen molar-refractivity contribution in [3.8, 4) is 5.75 Å². The van der Waals surface area contributed by atoms with Crippen LogP contribution in [0, 0.1) is 0 Å². The van der Waals surface area contributed by atoms with E-state index in [4.69, 9.17) is 4.74 Å². The number of benzene rings is 1. The molecule has 1 saturated carbocycles. The second-order valence-corrected chi connectivity index (χ2v) is 6.71. The lowest BCUT2D eigenvalue weighted by Crippen LogP contribution is -2.72. The van der Waals surface area contributed by atoms with Crippen LogP contribution in [0.4, 0.5) is 0 Å². The number of Topliss-reactive ketones (excluding diaryl/α,β-unsaturated/α-hetero) is 1. The first-order valence-electron chi connectivity index (χ1n) is 7.74. The number of hydrogen-bond donors (Lipinski definition) is 2. The summed E-state index contributed by atoms with van der Waals surface area (Å²) in [6, 6.07) is 6.16. The summed E-state index contributed by atoms with van der Waals surface area (Å²) < 4.78 is 5.37. The van der Waals surface area contributed by atoms with Crippen LogP contribution in [0.25, 0.3) is 0 Å². The average molecular weight is 324 g/mol. The molecule has 0 unspecified atom stereocenters. The number of methoxy groups -OCH3 is 1. The lowest BCUT2D eigenvalue weighted by atomic mass is 9.50. The molecule has 1 aromatic carbocycles. The molecule has 4 nitrogen and oxygen atoms in total.